The summed E-state index contributed by atoms with van der Waals surface area (Å²) >= 11 is 0. The van der Waals surface area contributed by atoms with Crippen LogP contribution in [0.15, 0.2) is 152 Å². The number of phenols is 1. The van der Waals surface area contributed by atoms with E-state index < -0.39 is 0 Å². The Bertz CT molecular complexity index is 3310. The third kappa shape index (κ3) is 6.39. The molecule has 4 aromatic heterocycles. The fourth-order valence-corrected chi connectivity index (χ4v) is 9.12. The minimum Gasteiger partial charge on any atom is -0.507 e. The maximum atomic E-state index is 12.5. The highest BCUT2D eigenvalue weighted by atomic mass is 16.3. The summed E-state index contributed by atoms with van der Waals surface area (Å²) < 4.78 is 6.76. The molecular weight excluding hydrogens is 759 g/mol. The Morgan fingerprint density at radius 2 is 1.11 bits per heavy atom. The molecule has 0 bridgehead atoms. The van der Waals surface area contributed by atoms with Crippen molar-refractivity contribution in [3.05, 3.63) is 169 Å². The van der Waals surface area contributed by atoms with Crippen LogP contribution in [0, 0.1) is 0 Å². The van der Waals surface area contributed by atoms with E-state index in [0.29, 0.717) is 11.4 Å². The molecule has 0 saturated heterocycles. The molecule has 308 valence electrons. The van der Waals surface area contributed by atoms with Crippen molar-refractivity contribution in [2.45, 2.75) is 78.6 Å². The summed E-state index contributed by atoms with van der Waals surface area (Å²) in [5.74, 6) is 1.67. The summed E-state index contributed by atoms with van der Waals surface area (Å²) in [6, 6.07) is 49.7. The number of imidazole rings is 1. The largest absolute Gasteiger partial charge is 0.507 e. The predicted octanol–water partition coefficient (Wildman–Crippen LogP) is 14.4. The zero-order chi connectivity index (χ0) is 43.3. The highest BCUT2D eigenvalue weighted by Crippen LogP contribution is 2.45. The fraction of sp³-hybridized carbons (Fsp3) is 0.214. The lowest BCUT2D eigenvalue weighted by atomic mass is 9.79. The minimum atomic E-state index is -0.325. The molecule has 0 atom stereocenters. The smallest absolute Gasteiger partial charge is 0.156 e. The first-order valence-electron chi connectivity index (χ1n) is 21.6. The van der Waals surface area contributed by atoms with Crippen LogP contribution in [-0.4, -0.2) is 28.8 Å². The van der Waals surface area contributed by atoms with Crippen LogP contribution in [0.2, 0.25) is 0 Å². The van der Waals surface area contributed by atoms with Gasteiger partial charge in [-0.2, -0.15) is 0 Å². The lowest BCUT2D eigenvalue weighted by Crippen LogP contribution is -2.17. The number of nitrogens with zero attached hydrogens (tertiary/aromatic N) is 5. The number of aromatic hydroxyl groups is 1. The number of para-hydroxylation sites is 2. The Morgan fingerprint density at radius 3 is 1.81 bits per heavy atom. The van der Waals surface area contributed by atoms with E-state index >= 15 is 0 Å². The van der Waals surface area contributed by atoms with E-state index in [1.54, 1.807) is 0 Å². The lowest BCUT2D eigenvalue weighted by molar-refractivity contribution is 0.446. The highest BCUT2D eigenvalue weighted by Gasteiger charge is 2.29. The number of aromatic nitrogens is 5. The SMILES string of the molecule is CC(C)(C)c1ccc(-n2cc(-n3c4ccccc4c4ccc(-n5c6ccccc6c6cccnc65)cc43)nc2-c2cc(C(C)(C)C)cc(C(C)(C)C)c2O)c(-c2ccccc2)c1. The Labute approximate surface area is 363 Å². The molecule has 0 aliphatic rings. The monoisotopic (exact) mass is 811 g/mol. The maximum Gasteiger partial charge on any atom is 0.156 e. The summed E-state index contributed by atoms with van der Waals surface area (Å²) in [4.78, 5) is 10.6. The van der Waals surface area contributed by atoms with Crippen molar-refractivity contribution in [3.8, 4) is 45.5 Å². The van der Waals surface area contributed by atoms with Gasteiger partial charge in [0.15, 0.2) is 11.6 Å². The van der Waals surface area contributed by atoms with E-state index in [2.05, 4.69) is 216 Å². The number of hydrogen-bond acceptors (Lipinski definition) is 3. The van der Waals surface area contributed by atoms with Gasteiger partial charge in [-0.15, -0.1) is 0 Å². The van der Waals surface area contributed by atoms with E-state index in [1.807, 2.05) is 12.3 Å². The number of phenolic OH excluding ortho intramolecular Hbond substituents is 1. The molecule has 0 amide bonds. The van der Waals surface area contributed by atoms with Gasteiger partial charge in [0.25, 0.3) is 0 Å². The molecule has 10 aromatic rings. The number of hydrogen-bond donors (Lipinski definition) is 1. The molecule has 6 aromatic carbocycles. The van der Waals surface area contributed by atoms with Crippen molar-refractivity contribution < 1.29 is 5.11 Å². The van der Waals surface area contributed by atoms with Crippen LogP contribution in [0.3, 0.4) is 0 Å². The standard InChI is InChI=1S/C56H53N5O/c1-54(2,3)36-25-28-46(43(30-36)35-18-11-10-12-19-35)59-34-50(58-53(59)44-31-37(55(4,5)6)32-45(51(44)62)56(7,8)9)61-48-24-16-13-20-39(48)41-27-26-38(33-49(41)61)60-47-23-15-14-21-40(47)42-22-17-29-57-52(42)60/h10-34,62H,1-9H3. The van der Waals surface area contributed by atoms with Crippen LogP contribution >= 0.6 is 0 Å². The van der Waals surface area contributed by atoms with Crippen LogP contribution in [0.25, 0.3) is 83.4 Å². The van der Waals surface area contributed by atoms with Crippen molar-refractivity contribution in [2.24, 2.45) is 0 Å². The Morgan fingerprint density at radius 1 is 0.500 bits per heavy atom. The van der Waals surface area contributed by atoms with E-state index in [4.69, 9.17) is 9.97 Å². The zero-order valence-electron chi connectivity index (χ0n) is 37.1. The summed E-state index contributed by atoms with van der Waals surface area (Å²) in [5.41, 5.74) is 11.7. The second kappa shape index (κ2) is 14.1. The average molecular weight is 812 g/mol. The molecule has 0 spiro atoms. The normalized spacial score (nSPS) is 12.7. The van der Waals surface area contributed by atoms with E-state index in [-0.39, 0.29) is 22.0 Å². The topological polar surface area (TPSA) is 60.8 Å². The average Bonchev–Trinajstić information content (AvgIpc) is 3.93. The number of pyridine rings is 1. The van der Waals surface area contributed by atoms with Crippen molar-refractivity contribution >= 4 is 43.7 Å². The first kappa shape index (κ1) is 39.2. The third-order valence-electron chi connectivity index (χ3n) is 12.5. The molecule has 1 N–H and O–H groups in total. The van der Waals surface area contributed by atoms with Crippen molar-refractivity contribution in [2.75, 3.05) is 0 Å². The molecule has 4 heterocycles. The van der Waals surface area contributed by atoms with Crippen LogP contribution < -0.4 is 0 Å². The molecular formula is C56H53N5O. The Balaban J connectivity index is 1.31. The minimum absolute atomic E-state index is 0.0710. The van der Waals surface area contributed by atoms with Crippen LogP contribution in [0.5, 0.6) is 5.75 Å². The van der Waals surface area contributed by atoms with E-state index in [1.165, 1.54) is 10.9 Å². The van der Waals surface area contributed by atoms with Crippen LogP contribution in [-0.2, 0) is 16.2 Å². The summed E-state index contributed by atoms with van der Waals surface area (Å²) in [5, 5.41) is 17.1. The zero-order valence-corrected chi connectivity index (χ0v) is 37.1. The van der Waals surface area contributed by atoms with Gasteiger partial charge in [0.05, 0.1) is 34.0 Å². The van der Waals surface area contributed by atoms with Crippen LogP contribution in [0.1, 0.15) is 79.0 Å². The van der Waals surface area contributed by atoms with Gasteiger partial charge in [-0.25, -0.2) is 9.97 Å². The molecule has 0 radical (unpaired) electrons. The van der Waals surface area contributed by atoms with E-state index in [9.17, 15) is 5.11 Å². The summed E-state index contributed by atoms with van der Waals surface area (Å²) in [6.45, 7) is 20.0. The second-order valence-electron chi connectivity index (χ2n) is 19.8. The van der Waals surface area contributed by atoms with Crippen molar-refractivity contribution in [1.82, 2.24) is 23.7 Å². The van der Waals surface area contributed by atoms with Gasteiger partial charge < -0.3 is 5.11 Å². The first-order valence-corrected chi connectivity index (χ1v) is 21.6. The predicted molar refractivity (Wildman–Crippen MR) is 259 cm³/mol. The van der Waals surface area contributed by atoms with Gasteiger partial charge in [-0.1, -0.05) is 147 Å². The number of fused-ring (bicyclic) bond motifs is 6. The van der Waals surface area contributed by atoms with Gasteiger partial charge in [-0.05, 0) is 87.5 Å². The molecule has 6 heteroatoms. The van der Waals surface area contributed by atoms with Gasteiger partial charge >= 0.3 is 0 Å². The summed E-state index contributed by atoms with van der Waals surface area (Å²) in [6.07, 6.45) is 4.03. The maximum absolute atomic E-state index is 12.5. The fourth-order valence-electron chi connectivity index (χ4n) is 9.12. The van der Waals surface area contributed by atoms with Gasteiger partial charge in [0.1, 0.15) is 11.4 Å². The van der Waals surface area contributed by atoms with Gasteiger partial charge in [0, 0.05) is 44.6 Å². The third-order valence-corrected chi connectivity index (χ3v) is 12.5. The quantitative estimate of drug-likeness (QED) is 0.188. The molecule has 0 fully saturated rings. The van der Waals surface area contributed by atoms with Gasteiger partial charge in [0.2, 0.25) is 0 Å². The van der Waals surface area contributed by atoms with E-state index in [0.717, 1.165) is 77.8 Å². The first-order chi connectivity index (χ1) is 29.6. The second-order valence-corrected chi connectivity index (χ2v) is 19.8. The number of rotatable bonds is 5. The molecule has 62 heavy (non-hydrogen) atoms. The van der Waals surface area contributed by atoms with Gasteiger partial charge in [-0.3, -0.25) is 13.7 Å². The molecule has 6 nitrogen and oxygen atoms in total. The van der Waals surface area contributed by atoms with Crippen molar-refractivity contribution in [3.63, 3.8) is 0 Å². The molecule has 10 rings (SSSR count). The summed E-state index contributed by atoms with van der Waals surface area (Å²) in [7, 11) is 0. The van der Waals surface area contributed by atoms with Crippen molar-refractivity contribution in [1.29, 1.82) is 0 Å². The lowest BCUT2D eigenvalue weighted by Gasteiger charge is -2.27. The number of benzene rings is 6. The molecule has 0 saturated carbocycles. The Kier molecular flexibility index (Phi) is 8.90. The molecule has 0 aliphatic heterocycles. The van der Waals surface area contributed by atoms with Crippen LogP contribution in [0.4, 0.5) is 0 Å². The molecule has 0 unspecified atom stereocenters. The molecule has 0 aliphatic carbocycles. The Hall–Kier alpha value is -6.92. The highest BCUT2D eigenvalue weighted by molar-refractivity contribution is 6.11.